The van der Waals surface area contributed by atoms with Gasteiger partial charge in [0.15, 0.2) is 0 Å². The predicted octanol–water partition coefficient (Wildman–Crippen LogP) is -0.771. The van der Waals surface area contributed by atoms with E-state index in [0.717, 1.165) is 0 Å². The van der Waals surface area contributed by atoms with Crippen molar-refractivity contribution in [3.8, 4) is 0 Å². The number of unbranched alkanes of at least 4 members (excludes halogenated alkanes) is 1. The van der Waals surface area contributed by atoms with Crippen LogP contribution in [-0.2, 0) is 24.0 Å². The molecule has 0 spiro atoms. The van der Waals surface area contributed by atoms with Gasteiger partial charge in [-0.1, -0.05) is 0 Å². The summed E-state index contributed by atoms with van der Waals surface area (Å²) in [6.45, 7) is 0.815. The summed E-state index contributed by atoms with van der Waals surface area (Å²) >= 11 is 0. The van der Waals surface area contributed by atoms with Crippen LogP contribution < -0.4 is 11.1 Å². The lowest BCUT2D eigenvalue weighted by Crippen LogP contribution is -2.32. The molecule has 0 aromatic carbocycles. The second kappa shape index (κ2) is 8.26. The van der Waals surface area contributed by atoms with Crippen molar-refractivity contribution >= 4 is 23.7 Å². The van der Waals surface area contributed by atoms with Gasteiger partial charge < -0.3 is 15.9 Å². The lowest BCUT2D eigenvalue weighted by atomic mass is 10.2. The summed E-state index contributed by atoms with van der Waals surface area (Å²) in [5.41, 5.74) is 5.24. The molecular formula is C12H19N3O5. The summed E-state index contributed by atoms with van der Waals surface area (Å²) in [5, 5.41) is 3.14. The molecule has 0 aromatic rings. The highest BCUT2D eigenvalue weighted by Gasteiger charge is 2.32. The van der Waals surface area contributed by atoms with E-state index in [2.05, 4.69) is 10.2 Å². The second-order valence-corrected chi connectivity index (χ2v) is 4.39. The zero-order valence-electron chi connectivity index (χ0n) is 11.2. The molecule has 1 fully saturated rings. The van der Waals surface area contributed by atoms with Gasteiger partial charge in [-0.2, -0.15) is 0 Å². The van der Waals surface area contributed by atoms with Crippen molar-refractivity contribution in [3.63, 3.8) is 0 Å². The van der Waals surface area contributed by atoms with Gasteiger partial charge in [-0.25, -0.2) is 4.79 Å². The van der Waals surface area contributed by atoms with Gasteiger partial charge in [0.05, 0.1) is 0 Å². The fourth-order valence-corrected chi connectivity index (χ4v) is 1.66. The molecule has 0 saturated carbocycles. The van der Waals surface area contributed by atoms with Gasteiger partial charge in [-0.3, -0.25) is 14.4 Å². The summed E-state index contributed by atoms with van der Waals surface area (Å²) in [6.07, 6.45) is 1.48. The number of hydrogen-bond donors (Lipinski definition) is 2. The van der Waals surface area contributed by atoms with Crippen LogP contribution in [0.25, 0.3) is 0 Å². The van der Waals surface area contributed by atoms with Gasteiger partial charge in [-0.15, -0.1) is 5.06 Å². The molecule has 3 amide bonds. The maximum Gasteiger partial charge on any atom is 0.333 e. The third kappa shape index (κ3) is 5.35. The molecule has 1 rings (SSSR count). The molecule has 0 unspecified atom stereocenters. The van der Waals surface area contributed by atoms with Crippen LogP contribution >= 0.6 is 0 Å². The molecule has 0 aromatic heterocycles. The van der Waals surface area contributed by atoms with Crippen LogP contribution in [0.15, 0.2) is 0 Å². The van der Waals surface area contributed by atoms with E-state index in [1.54, 1.807) is 0 Å². The molecule has 0 radical (unpaired) electrons. The molecule has 0 bridgehead atoms. The van der Waals surface area contributed by atoms with Crippen molar-refractivity contribution < 1.29 is 24.0 Å². The number of imide groups is 1. The Morgan fingerprint density at radius 2 is 1.75 bits per heavy atom. The molecule has 8 nitrogen and oxygen atoms in total. The monoisotopic (exact) mass is 285 g/mol. The van der Waals surface area contributed by atoms with Gasteiger partial charge in [0.1, 0.15) is 0 Å². The number of rotatable bonds is 8. The summed E-state index contributed by atoms with van der Waals surface area (Å²) in [4.78, 5) is 49.7. The average molecular weight is 285 g/mol. The van der Waals surface area contributed by atoms with E-state index < -0.39 is 17.8 Å². The Hall–Kier alpha value is -1.96. The number of amides is 3. The van der Waals surface area contributed by atoms with E-state index in [9.17, 15) is 19.2 Å². The Morgan fingerprint density at radius 1 is 1.15 bits per heavy atom. The van der Waals surface area contributed by atoms with E-state index in [-0.39, 0.29) is 25.2 Å². The van der Waals surface area contributed by atoms with Gasteiger partial charge in [0.25, 0.3) is 11.8 Å². The summed E-state index contributed by atoms with van der Waals surface area (Å²) in [5.74, 6) is -1.75. The maximum absolute atomic E-state index is 11.4. The van der Waals surface area contributed by atoms with Gasteiger partial charge >= 0.3 is 5.97 Å². The summed E-state index contributed by atoms with van der Waals surface area (Å²) in [6, 6.07) is 0. The lowest BCUT2D eigenvalue weighted by Gasteiger charge is -2.12. The topological polar surface area (TPSA) is 119 Å². The molecule has 20 heavy (non-hydrogen) atoms. The van der Waals surface area contributed by atoms with Crippen molar-refractivity contribution in [2.75, 3.05) is 13.1 Å². The number of nitrogens with two attached hydrogens (primary N) is 1. The van der Waals surface area contributed by atoms with Crippen molar-refractivity contribution in [1.82, 2.24) is 10.4 Å². The quantitative estimate of drug-likeness (QED) is 0.446. The minimum Gasteiger partial charge on any atom is -0.355 e. The minimum atomic E-state index is -0.643. The van der Waals surface area contributed by atoms with Crippen LogP contribution in [-0.4, -0.2) is 41.8 Å². The highest BCUT2D eigenvalue weighted by molar-refractivity contribution is 6.01. The fraction of sp³-hybridized carbons (Fsp3) is 0.667. The zero-order chi connectivity index (χ0) is 15.0. The predicted molar refractivity (Wildman–Crippen MR) is 67.7 cm³/mol. The lowest BCUT2D eigenvalue weighted by molar-refractivity contribution is -0.197. The van der Waals surface area contributed by atoms with Crippen LogP contribution in [0.3, 0.4) is 0 Å². The smallest absolute Gasteiger partial charge is 0.333 e. The number of hydrogen-bond acceptors (Lipinski definition) is 6. The first-order valence-electron chi connectivity index (χ1n) is 6.58. The molecule has 1 aliphatic rings. The minimum absolute atomic E-state index is 0.0568. The fourth-order valence-electron chi connectivity index (χ4n) is 1.66. The van der Waals surface area contributed by atoms with E-state index in [1.807, 2.05) is 0 Å². The highest BCUT2D eigenvalue weighted by atomic mass is 16.7. The first kappa shape index (κ1) is 16.1. The van der Waals surface area contributed by atoms with Crippen LogP contribution in [0, 0.1) is 0 Å². The first-order chi connectivity index (χ1) is 9.54. The number of hydroxylamine groups is 2. The Morgan fingerprint density at radius 3 is 2.35 bits per heavy atom. The number of nitrogens with zero attached hydrogens (tertiary/aromatic N) is 1. The van der Waals surface area contributed by atoms with E-state index in [0.29, 0.717) is 37.4 Å². The molecule has 112 valence electrons. The van der Waals surface area contributed by atoms with Gasteiger partial charge in [0.2, 0.25) is 5.91 Å². The van der Waals surface area contributed by atoms with Crippen molar-refractivity contribution in [1.29, 1.82) is 0 Å². The molecule has 1 aliphatic heterocycles. The molecular weight excluding hydrogens is 266 g/mol. The van der Waals surface area contributed by atoms with Gasteiger partial charge in [0, 0.05) is 38.8 Å². The molecule has 1 heterocycles. The van der Waals surface area contributed by atoms with Gasteiger partial charge in [-0.05, 0) is 12.8 Å². The third-order valence-corrected chi connectivity index (χ3v) is 2.70. The van der Waals surface area contributed by atoms with E-state index in [1.165, 1.54) is 0 Å². The Labute approximate surface area is 116 Å². The maximum atomic E-state index is 11.4. The van der Waals surface area contributed by atoms with Crippen LogP contribution in [0.2, 0.25) is 0 Å². The van der Waals surface area contributed by atoms with Crippen molar-refractivity contribution in [2.45, 2.75) is 38.5 Å². The number of carbonyl (C=O) groups excluding carboxylic acids is 4. The Balaban J connectivity index is 2.13. The summed E-state index contributed by atoms with van der Waals surface area (Å²) in [7, 11) is 0. The largest absolute Gasteiger partial charge is 0.355 e. The SMILES string of the molecule is NCCNC(=O)CCCCC(=O)ON1C(=O)CCC1=O. The van der Waals surface area contributed by atoms with Crippen LogP contribution in [0.4, 0.5) is 0 Å². The molecule has 8 heteroatoms. The highest BCUT2D eigenvalue weighted by Crippen LogP contribution is 2.13. The van der Waals surface area contributed by atoms with Crippen molar-refractivity contribution in [3.05, 3.63) is 0 Å². The number of carbonyl (C=O) groups is 4. The molecule has 1 saturated heterocycles. The summed E-state index contributed by atoms with van der Waals surface area (Å²) < 4.78 is 0. The Bertz CT molecular complexity index is 381. The molecule has 0 atom stereocenters. The van der Waals surface area contributed by atoms with E-state index in [4.69, 9.17) is 5.73 Å². The number of nitrogens with one attached hydrogen (secondary N) is 1. The van der Waals surface area contributed by atoms with E-state index >= 15 is 0 Å². The zero-order valence-corrected chi connectivity index (χ0v) is 11.2. The Kier molecular flexibility index (Phi) is 6.65. The second-order valence-electron chi connectivity index (χ2n) is 4.39. The van der Waals surface area contributed by atoms with Crippen LogP contribution in [0.5, 0.6) is 0 Å². The first-order valence-corrected chi connectivity index (χ1v) is 6.58. The molecule has 3 N–H and O–H groups in total. The van der Waals surface area contributed by atoms with Crippen LogP contribution in [0.1, 0.15) is 38.5 Å². The molecule has 0 aliphatic carbocycles. The third-order valence-electron chi connectivity index (χ3n) is 2.70. The van der Waals surface area contributed by atoms with Crippen molar-refractivity contribution in [2.24, 2.45) is 5.73 Å². The average Bonchev–Trinajstić information content (AvgIpc) is 2.73. The normalized spacial score (nSPS) is 14.6. The standard InChI is InChI=1S/C12H19N3O5/c13-7-8-14-9(16)3-1-2-4-12(19)20-15-10(17)5-6-11(15)18/h1-8,13H2,(H,14,16).